The maximum absolute atomic E-state index is 15.7. The average Bonchev–Trinajstić information content (AvgIpc) is 3.28. The second-order valence-corrected chi connectivity index (χ2v) is 11.9. The molecule has 0 amide bonds. The summed E-state index contributed by atoms with van der Waals surface area (Å²) in [6.45, 7) is 7.75. The molecule has 0 saturated heterocycles. The highest BCUT2D eigenvalue weighted by molar-refractivity contribution is 7.90. The molecule has 6 rings (SSSR count). The third-order valence-corrected chi connectivity index (χ3v) is 8.77. The molecule has 1 aliphatic heterocycles. The Morgan fingerprint density at radius 1 is 1.18 bits per heavy atom. The fourth-order valence-corrected chi connectivity index (χ4v) is 6.97. The predicted octanol–water partition coefficient (Wildman–Crippen LogP) is 4.89. The molecule has 0 atom stereocenters. The van der Waals surface area contributed by atoms with Gasteiger partial charge in [-0.05, 0) is 75.8 Å². The van der Waals surface area contributed by atoms with Crippen molar-refractivity contribution < 1.29 is 12.8 Å². The van der Waals surface area contributed by atoms with E-state index >= 15 is 4.39 Å². The van der Waals surface area contributed by atoms with Crippen LogP contribution >= 0.6 is 0 Å². The molecule has 0 radical (unpaired) electrons. The van der Waals surface area contributed by atoms with Crippen LogP contribution in [0, 0.1) is 25.6 Å². The number of aromatic nitrogens is 4. The Hall–Kier alpha value is -3.20. The van der Waals surface area contributed by atoms with E-state index in [0.717, 1.165) is 35.7 Å². The van der Waals surface area contributed by atoms with E-state index in [1.54, 1.807) is 24.4 Å². The van der Waals surface area contributed by atoms with Crippen LogP contribution in [0.15, 0.2) is 36.5 Å². The first-order valence-electron chi connectivity index (χ1n) is 11.5. The van der Waals surface area contributed by atoms with Gasteiger partial charge in [-0.25, -0.2) is 16.8 Å². The van der Waals surface area contributed by atoms with Crippen molar-refractivity contribution in [2.24, 2.45) is 5.92 Å². The lowest BCUT2D eigenvalue weighted by molar-refractivity contribution is 0.532. The smallest absolute Gasteiger partial charge is 0.239 e. The number of hydrogen-bond donors (Lipinski definition) is 1. The molecule has 7 nitrogen and oxygen atoms in total. The van der Waals surface area contributed by atoms with Gasteiger partial charge in [0.1, 0.15) is 11.6 Å². The van der Waals surface area contributed by atoms with Crippen molar-refractivity contribution in [3.05, 3.63) is 59.6 Å². The van der Waals surface area contributed by atoms with Crippen LogP contribution in [-0.2, 0) is 15.6 Å². The van der Waals surface area contributed by atoms with Crippen molar-refractivity contribution >= 4 is 26.6 Å². The lowest BCUT2D eigenvalue weighted by Crippen LogP contribution is -2.36. The zero-order valence-electron chi connectivity index (χ0n) is 19.6. The molecule has 2 aliphatic rings. The minimum Gasteiger partial charge on any atom is -0.371 e. The second kappa shape index (κ2) is 6.91. The monoisotopic (exact) mass is 479 g/mol. The molecule has 34 heavy (non-hydrogen) atoms. The molecular weight excluding hydrogens is 453 g/mol. The van der Waals surface area contributed by atoms with Gasteiger partial charge < -0.3 is 5.32 Å². The second-order valence-electron chi connectivity index (χ2n) is 9.98. The fourth-order valence-electron chi connectivity index (χ4n) is 5.17. The SMILES string of the molecule is Cc1c(-c2cccc3c2ccn3S(=O)(=O)CC2CC2)c(F)cc2c1-n1c(C)nnc1C(C)(C)N2. The first-order valence-corrected chi connectivity index (χ1v) is 13.1. The number of benzene rings is 2. The Kier molecular flexibility index (Phi) is 4.34. The van der Waals surface area contributed by atoms with Crippen LogP contribution in [-0.4, -0.2) is 32.9 Å². The van der Waals surface area contributed by atoms with Crippen LogP contribution in [0.2, 0.25) is 0 Å². The number of anilines is 1. The van der Waals surface area contributed by atoms with Crippen molar-refractivity contribution in [3.63, 3.8) is 0 Å². The van der Waals surface area contributed by atoms with Gasteiger partial charge in [-0.2, -0.15) is 0 Å². The van der Waals surface area contributed by atoms with Gasteiger partial charge in [0.15, 0.2) is 5.82 Å². The minimum absolute atomic E-state index is 0.143. The van der Waals surface area contributed by atoms with E-state index in [1.165, 1.54) is 10.0 Å². The van der Waals surface area contributed by atoms with Crippen LogP contribution in [0.4, 0.5) is 10.1 Å². The summed E-state index contributed by atoms with van der Waals surface area (Å²) in [6.07, 6.45) is 3.50. The van der Waals surface area contributed by atoms with Crippen LogP contribution < -0.4 is 5.32 Å². The van der Waals surface area contributed by atoms with Crippen molar-refractivity contribution in [3.8, 4) is 16.8 Å². The van der Waals surface area contributed by atoms with Crippen LogP contribution in [0.3, 0.4) is 0 Å². The zero-order valence-corrected chi connectivity index (χ0v) is 20.4. The number of fused-ring (bicyclic) bond motifs is 4. The highest BCUT2D eigenvalue weighted by Crippen LogP contribution is 2.44. The van der Waals surface area contributed by atoms with Gasteiger partial charge in [0.2, 0.25) is 10.0 Å². The predicted molar refractivity (Wildman–Crippen MR) is 130 cm³/mol. The fraction of sp³-hybridized carbons (Fsp3) is 0.360. The van der Waals surface area contributed by atoms with Crippen LogP contribution in [0.5, 0.6) is 0 Å². The first kappa shape index (κ1) is 21.3. The van der Waals surface area contributed by atoms with Gasteiger partial charge in [-0.15, -0.1) is 10.2 Å². The number of rotatable bonds is 4. The van der Waals surface area contributed by atoms with Crippen LogP contribution in [0.1, 0.15) is 43.9 Å². The normalized spacial score (nSPS) is 16.9. The maximum atomic E-state index is 15.7. The van der Waals surface area contributed by atoms with Gasteiger partial charge in [0.25, 0.3) is 0 Å². The van der Waals surface area contributed by atoms with E-state index in [0.29, 0.717) is 27.7 Å². The number of halogens is 1. The van der Waals surface area contributed by atoms with E-state index < -0.39 is 15.6 Å². The standard InChI is InChI=1S/C25H26FN5O2S/c1-14-22(19(26)12-20-23(14)31-15(2)28-29-24(31)25(3,4)27-20)18-6-5-7-21-17(18)10-11-30(21)34(32,33)13-16-8-9-16/h5-7,10-12,16,27H,8-9,13H2,1-4H3. The van der Waals surface area contributed by atoms with E-state index in [4.69, 9.17) is 0 Å². The van der Waals surface area contributed by atoms with Gasteiger partial charge in [-0.1, -0.05) is 12.1 Å². The van der Waals surface area contributed by atoms with E-state index in [-0.39, 0.29) is 17.5 Å². The van der Waals surface area contributed by atoms with Gasteiger partial charge in [0.05, 0.1) is 28.2 Å². The summed E-state index contributed by atoms with van der Waals surface area (Å²) in [5.41, 5.74) is 3.39. The molecule has 9 heteroatoms. The largest absolute Gasteiger partial charge is 0.371 e. The highest BCUT2D eigenvalue weighted by Gasteiger charge is 2.36. The maximum Gasteiger partial charge on any atom is 0.239 e. The summed E-state index contributed by atoms with van der Waals surface area (Å²) in [4.78, 5) is 0. The van der Waals surface area contributed by atoms with Crippen molar-refractivity contribution in [1.82, 2.24) is 18.7 Å². The molecule has 0 unspecified atom stereocenters. The lowest BCUT2D eigenvalue weighted by atomic mass is 9.92. The van der Waals surface area contributed by atoms with Crippen molar-refractivity contribution in [2.45, 2.75) is 46.1 Å². The van der Waals surface area contributed by atoms with Gasteiger partial charge in [0, 0.05) is 17.1 Å². The number of aryl methyl sites for hydroxylation is 1. The Labute approximate surface area is 197 Å². The van der Waals surface area contributed by atoms with E-state index in [9.17, 15) is 8.42 Å². The molecule has 176 valence electrons. The van der Waals surface area contributed by atoms with Crippen LogP contribution in [0.25, 0.3) is 27.7 Å². The van der Waals surface area contributed by atoms with E-state index in [2.05, 4.69) is 15.5 Å². The number of nitrogens with zero attached hydrogens (tertiary/aromatic N) is 4. The third kappa shape index (κ3) is 3.02. The highest BCUT2D eigenvalue weighted by atomic mass is 32.2. The first-order chi connectivity index (χ1) is 16.1. The number of hydrogen-bond acceptors (Lipinski definition) is 5. The number of nitrogens with one attached hydrogen (secondary N) is 1. The Bertz CT molecular complexity index is 1600. The molecule has 0 bridgehead atoms. The molecule has 1 fully saturated rings. The molecule has 1 N–H and O–H groups in total. The van der Waals surface area contributed by atoms with E-state index in [1.807, 2.05) is 38.3 Å². The van der Waals surface area contributed by atoms with Crippen molar-refractivity contribution in [1.29, 1.82) is 0 Å². The summed E-state index contributed by atoms with van der Waals surface area (Å²) >= 11 is 0. The molecule has 1 saturated carbocycles. The molecule has 1 aliphatic carbocycles. The lowest BCUT2D eigenvalue weighted by Gasteiger charge is -2.35. The molecule has 0 spiro atoms. The quantitative estimate of drug-likeness (QED) is 0.451. The topological polar surface area (TPSA) is 81.8 Å². The average molecular weight is 480 g/mol. The Morgan fingerprint density at radius 2 is 1.94 bits per heavy atom. The molecule has 4 aromatic rings. The molecule has 3 heterocycles. The van der Waals surface area contributed by atoms with Gasteiger partial charge >= 0.3 is 0 Å². The summed E-state index contributed by atoms with van der Waals surface area (Å²) < 4.78 is 45.1. The third-order valence-electron chi connectivity index (χ3n) is 6.96. The molecule has 2 aromatic carbocycles. The minimum atomic E-state index is -3.47. The van der Waals surface area contributed by atoms with Gasteiger partial charge in [-0.3, -0.25) is 4.57 Å². The molecular formula is C25H26FN5O2S. The Morgan fingerprint density at radius 3 is 2.68 bits per heavy atom. The molecule has 2 aromatic heterocycles. The zero-order chi connectivity index (χ0) is 24.0. The summed E-state index contributed by atoms with van der Waals surface area (Å²) in [5, 5.41) is 12.8. The summed E-state index contributed by atoms with van der Waals surface area (Å²) in [7, 11) is -3.47. The summed E-state index contributed by atoms with van der Waals surface area (Å²) in [6, 6.07) is 8.70. The Balaban J connectivity index is 1.58. The van der Waals surface area contributed by atoms with Crippen molar-refractivity contribution in [2.75, 3.05) is 11.1 Å². The summed E-state index contributed by atoms with van der Waals surface area (Å²) in [5.74, 6) is 1.50.